The number of thiazole rings is 1. The van der Waals surface area contributed by atoms with Crippen LogP contribution in [0.4, 0.5) is 5.13 Å². The van der Waals surface area contributed by atoms with Gasteiger partial charge in [-0.2, -0.15) is 5.10 Å². The summed E-state index contributed by atoms with van der Waals surface area (Å²) >= 11 is 1.30. The summed E-state index contributed by atoms with van der Waals surface area (Å²) in [5.74, 6) is 0.572. The van der Waals surface area contributed by atoms with Crippen molar-refractivity contribution in [1.29, 1.82) is 0 Å². The van der Waals surface area contributed by atoms with Gasteiger partial charge in [0.25, 0.3) is 5.91 Å². The number of nitrogens with zero attached hydrogens (tertiary/aromatic N) is 3. The molecule has 5 rings (SSSR count). The second-order valence-corrected chi connectivity index (χ2v) is 11.1. The Morgan fingerprint density at radius 3 is 2.70 bits per heavy atom. The van der Waals surface area contributed by atoms with E-state index in [4.69, 9.17) is 4.74 Å². The zero-order valence-corrected chi connectivity index (χ0v) is 19.1. The van der Waals surface area contributed by atoms with Crippen LogP contribution >= 0.6 is 11.3 Å². The van der Waals surface area contributed by atoms with Gasteiger partial charge in [-0.15, -0.1) is 0 Å². The van der Waals surface area contributed by atoms with Gasteiger partial charge in [0.05, 0.1) is 27.8 Å². The molecular formula is C22H20N4O5S2. The number of aromatic nitrogens is 1. The van der Waals surface area contributed by atoms with Gasteiger partial charge in [0.15, 0.2) is 15.0 Å². The fourth-order valence-corrected chi connectivity index (χ4v) is 6.39. The van der Waals surface area contributed by atoms with Crippen LogP contribution in [0.3, 0.4) is 0 Å². The van der Waals surface area contributed by atoms with Crippen molar-refractivity contribution in [2.45, 2.75) is 25.3 Å². The van der Waals surface area contributed by atoms with E-state index in [1.165, 1.54) is 16.3 Å². The van der Waals surface area contributed by atoms with Gasteiger partial charge in [0, 0.05) is 18.9 Å². The molecule has 2 aliphatic heterocycles. The maximum absolute atomic E-state index is 12.8. The Morgan fingerprint density at radius 1 is 1.12 bits per heavy atom. The number of carbonyl (C=O) groups is 2. The third-order valence-electron chi connectivity index (χ3n) is 5.44. The minimum atomic E-state index is -3.18. The molecule has 0 spiro atoms. The number of hydrogen-bond acceptors (Lipinski definition) is 8. The number of fused-ring (bicyclic) bond motifs is 1. The molecule has 1 atom stereocenters. The zero-order valence-electron chi connectivity index (χ0n) is 17.4. The summed E-state index contributed by atoms with van der Waals surface area (Å²) in [6.07, 6.45) is 0.640. The number of anilines is 1. The van der Waals surface area contributed by atoms with Gasteiger partial charge in [-0.25, -0.2) is 18.4 Å². The predicted molar refractivity (Wildman–Crippen MR) is 125 cm³/mol. The SMILES string of the molecule is O=C(Nc1nc2ccc(Oc3ccccc3)cc2s1)C1=NN([C@@H]2CCS(=O)(=O)C2)C(=O)CC1. The Hall–Kier alpha value is -3.31. The van der Waals surface area contributed by atoms with Crippen LogP contribution in [0, 0.1) is 0 Å². The summed E-state index contributed by atoms with van der Waals surface area (Å²) in [5.41, 5.74) is 0.903. The number of rotatable bonds is 5. The van der Waals surface area contributed by atoms with E-state index in [2.05, 4.69) is 15.4 Å². The van der Waals surface area contributed by atoms with Crippen LogP contribution in [-0.2, 0) is 19.4 Å². The average molecular weight is 485 g/mol. The molecule has 1 aromatic heterocycles. The van der Waals surface area contributed by atoms with Gasteiger partial charge in [0.2, 0.25) is 5.91 Å². The minimum Gasteiger partial charge on any atom is -0.457 e. The topological polar surface area (TPSA) is 118 Å². The van der Waals surface area contributed by atoms with Crippen LogP contribution < -0.4 is 10.1 Å². The van der Waals surface area contributed by atoms with Crippen LogP contribution in [0.5, 0.6) is 11.5 Å². The molecule has 2 amide bonds. The summed E-state index contributed by atoms with van der Waals surface area (Å²) in [5, 5.41) is 8.53. The molecule has 0 bridgehead atoms. The summed E-state index contributed by atoms with van der Waals surface area (Å²) in [6, 6.07) is 14.4. The molecule has 9 nitrogen and oxygen atoms in total. The lowest BCUT2D eigenvalue weighted by molar-refractivity contribution is -0.133. The van der Waals surface area contributed by atoms with Crippen molar-refractivity contribution in [3.05, 3.63) is 48.5 Å². The van der Waals surface area contributed by atoms with Crippen LogP contribution in [0.2, 0.25) is 0 Å². The van der Waals surface area contributed by atoms with E-state index < -0.39 is 21.8 Å². The van der Waals surface area contributed by atoms with Gasteiger partial charge in [-0.3, -0.25) is 14.9 Å². The normalized spacial score (nSPS) is 20.0. The van der Waals surface area contributed by atoms with Crippen molar-refractivity contribution < 1.29 is 22.7 Å². The molecule has 0 unspecified atom stereocenters. The van der Waals surface area contributed by atoms with Crippen molar-refractivity contribution in [1.82, 2.24) is 9.99 Å². The molecule has 1 saturated heterocycles. The quantitative estimate of drug-likeness (QED) is 0.594. The lowest BCUT2D eigenvalue weighted by Crippen LogP contribution is -2.42. The first-order valence-corrected chi connectivity index (χ1v) is 13.0. The Labute approximate surface area is 194 Å². The number of hydrogen-bond donors (Lipinski definition) is 1. The van der Waals surface area contributed by atoms with Crippen molar-refractivity contribution in [2.75, 3.05) is 16.8 Å². The van der Waals surface area contributed by atoms with Crippen LogP contribution in [-0.4, -0.2) is 53.5 Å². The van der Waals surface area contributed by atoms with E-state index >= 15 is 0 Å². The molecule has 170 valence electrons. The molecule has 33 heavy (non-hydrogen) atoms. The number of sulfone groups is 1. The van der Waals surface area contributed by atoms with Crippen molar-refractivity contribution in [2.24, 2.45) is 5.10 Å². The first-order valence-electron chi connectivity index (χ1n) is 10.4. The van der Waals surface area contributed by atoms with Crippen LogP contribution in [0.1, 0.15) is 19.3 Å². The molecular weight excluding hydrogens is 464 g/mol. The van der Waals surface area contributed by atoms with Crippen molar-refractivity contribution in [3.63, 3.8) is 0 Å². The molecule has 2 aromatic carbocycles. The van der Waals surface area contributed by atoms with Crippen molar-refractivity contribution in [3.8, 4) is 11.5 Å². The fourth-order valence-electron chi connectivity index (χ4n) is 3.80. The van der Waals surface area contributed by atoms with Crippen molar-refractivity contribution >= 4 is 54.0 Å². The lowest BCUT2D eigenvalue weighted by Gasteiger charge is -2.27. The monoisotopic (exact) mass is 484 g/mol. The third-order valence-corrected chi connectivity index (χ3v) is 8.12. The molecule has 1 fully saturated rings. The first kappa shape index (κ1) is 21.5. The summed E-state index contributed by atoms with van der Waals surface area (Å²) in [6.45, 7) is 0. The van der Waals surface area contributed by atoms with E-state index in [1.807, 2.05) is 48.5 Å². The maximum atomic E-state index is 12.8. The molecule has 1 N–H and O–H groups in total. The van der Waals surface area contributed by atoms with E-state index in [0.29, 0.717) is 22.8 Å². The van der Waals surface area contributed by atoms with Gasteiger partial charge in [-0.1, -0.05) is 29.5 Å². The van der Waals surface area contributed by atoms with Crippen LogP contribution in [0.15, 0.2) is 53.6 Å². The Morgan fingerprint density at radius 2 is 1.94 bits per heavy atom. The van der Waals surface area contributed by atoms with E-state index in [9.17, 15) is 18.0 Å². The molecule has 0 radical (unpaired) electrons. The maximum Gasteiger partial charge on any atom is 0.273 e. The largest absolute Gasteiger partial charge is 0.457 e. The van der Waals surface area contributed by atoms with E-state index in [1.54, 1.807) is 0 Å². The standard InChI is InChI=1S/C22H20N4O5S2/c27-20-9-8-18(25-26(20)14-10-11-33(29,30)13-14)21(28)24-22-23-17-7-6-16(12-19(17)32-22)31-15-4-2-1-3-5-15/h1-7,12,14H,8-11,13H2,(H,23,24,28)/t14-/m1/s1. The minimum absolute atomic E-state index is 0.0280. The smallest absolute Gasteiger partial charge is 0.273 e. The van der Waals surface area contributed by atoms with Crippen LogP contribution in [0.25, 0.3) is 10.2 Å². The highest BCUT2D eigenvalue weighted by molar-refractivity contribution is 7.91. The number of para-hydroxylation sites is 1. The molecule has 2 aliphatic rings. The van der Waals surface area contributed by atoms with E-state index in [-0.39, 0.29) is 36.0 Å². The molecule has 3 aromatic rings. The van der Waals surface area contributed by atoms with Gasteiger partial charge < -0.3 is 4.74 Å². The Kier molecular flexibility index (Phi) is 5.59. The summed E-state index contributed by atoms with van der Waals surface area (Å²) in [7, 11) is -3.18. The van der Waals surface area contributed by atoms with Gasteiger partial charge in [-0.05, 0) is 30.7 Å². The Bertz CT molecular complexity index is 1370. The number of benzene rings is 2. The number of nitrogens with one attached hydrogen (secondary N) is 1. The zero-order chi connectivity index (χ0) is 23.0. The van der Waals surface area contributed by atoms with E-state index in [0.717, 1.165) is 10.4 Å². The Balaban J connectivity index is 1.31. The third kappa shape index (κ3) is 4.74. The predicted octanol–water partition coefficient (Wildman–Crippen LogP) is 3.19. The highest BCUT2D eigenvalue weighted by Crippen LogP contribution is 2.31. The second kappa shape index (κ2) is 8.56. The van der Waals surface area contributed by atoms with Gasteiger partial charge >= 0.3 is 0 Å². The number of amides is 2. The highest BCUT2D eigenvalue weighted by atomic mass is 32.2. The molecule has 11 heteroatoms. The summed E-state index contributed by atoms with van der Waals surface area (Å²) in [4.78, 5) is 29.5. The lowest BCUT2D eigenvalue weighted by atomic mass is 10.1. The number of ether oxygens (including phenoxy) is 1. The number of carbonyl (C=O) groups excluding carboxylic acids is 2. The fraction of sp³-hybridized carbons (Fsp3) is 0.273. The highest BCUT2D eigenvalue weighted by Gasteiger charge is 2.37. The second-order valence-electron chi connectivity index (χ2n) is 7.86. The molecule has 3 heterocycles. The first-order chi connectivity index (χ1) is 15.9. The average Bonchev–Trinajstić information content (AvgIpc) is 3.36. The number of hydrazone groups is 1. The molecule has 0 saturated carbocycles. The summed E-state index contributed by atoms with van der Waals surface area (Å²) < 4.78 is 30.2. The molecule has 0 aliphatic carbocycles. The van der Waals surface area contributed by atoms with Gasteiger partial charge in [0.1, 0.15) is 17.2 Å².